The molecule has 25 heavy (non-hydrogen) atoms. The minimum absolute atomic E-state index is 0.0116. The predicted octanol–water partition coefficient (Wildman–Crippen LogP) is 1.45. The van der Waals surface area contributed by atoms with Crippen LogP contribution in [0, 0.1) is 24.7 Å². The second-order valence-electron chi connectivity index (χ2n) is 7.79. The van der Waals surface area contributed by atoms with Gasteiger partial charge in [0.1, 0.15) is 11.5 Å². The van der Waals surface area contributed by atoms with Crippen LogP contribution in [0.5, 0.6) is 0 Å². The molecule has 2 bridgehead atoms. The molecule has 1 aromatic rings. The molecule has 0 radical (unpaired) electrons. The fraction of sp³-hybridized carbons (Fsp3) is 0.737. The first-order valence-corrected chi connectivity index (χ1v) is 9.55. The number of morpholine rings is 1. The number of hydrogen-bond acceptors (Lipinski definition) is 5. The maximum Gasteiger partial charge on any atom is 0.225 e. The third-order valence-corrected chi connectivity index (χ3v) is 6.33. The van der Waals surface area contributed by atoms with E-state index in [0.717, 1.165) is 50.7 Å². The van der Waals surface area contributed by atoms with Gasteiger partial charge in [-0.25, -0.2) is 0 Å². The Morgan fingerprint density at radius 2 is 2.08 bits per heavy atom. The number of carbonyl (C=O) groups excluding carboxylic acids is 1. The minimum Gasteiger partial charge on any atom is -0.465 e. The second kappa shape index (κ2) is 7.09. The van der Waals surface area contributed by atoms with Gasteiger partial charge in [-0.05, 0) is 50.2 Å². The number of nitrogens with zero attached hydrogens (tertiary/aromatic N) is 1. The van der Waals surface area contributed by atoms with E-state index in [1.807, 2.05) is 19.1 Å². The van der Waals surface area contributed by atoms with Crippen LogP contribution >= 0.6 is 0 Å². The maximum absolute atomic E-state index is 12.8. The summed E-state index contributed by atoms with van der Waals surface area (Å²) in [6.07, 6.45) is 3.47. The number of aryl methyl sites for hydroxylation is 1. The van der Waals surface area contributed by atoms with Crippen LogP contribution in [0.15, 0.2) is 16.5 Å². The summed E-state index contributed by atoms with van der Waals surface area (Å²) in [5, 5.41) is 3.18. The first-order valence-electron chi connectivity index (χ1n) is 9.55. The summed E-state index contributed by atoms with van der Waals surface area (Å²) in [5.41, 5.74) is 6.32. The van der Waals surface area contributed by atoms with E-state index in [9.17, 15) is 4.79 Å². The van der Waals surface area contributed by atoms with Crippen LogP contribution in [0.1, 0.15) is 36.8 Å². The molecule has 1 amide bonds. The molecule has 2 heterocycles. The van der Waals surface area contributed by atoms with E-state index in [0.29, 0.717) is 18.4 Å². The third kappa shape index (κ3) is 3.35. The van der Waals surface area contributed by atoms with Crippen molar-refractivity contribution in [2.24, 2.45) is 23.5 Å². The summed E-state index contributed by atoms with van der Waals surface area (Å²) in [7, 11) is 0. The summed E-state index contributed by atoms with van der Waals surface area (Å²) in [6, 6.07) is 4.09. The molecule has 1 saturated heterocycles. The van der Waals surface area contributed by atoms with E-state index < -0.39 is 0 Å². The SMILES string of the molecule is Cc1ccc(C(CNC(=O)C2C3CCC(C3)C2N)N2CCOCC2)o1. The van der Waals surface area contributed by atoms with Gasteiger partial charge in [0.15, 0.2) is 0 Å². The van der Waals surface area contributed by atoms with Crippen LogP contribution in [-0.4, -0.2) is 49.7 Å². The van der Waals surface area contributed by atoms with E-state index in [1.165, 1.54) is 6.42 Å². The lowest BCUT2D eigenvalue weighted by Crippen LogP contribution is -2.48. The minimum atomic E-state index is -0.0116. The molecule has 1 aliphatic heterocycles. The van der Waals surface area contributed by atoms with Gasteiger partial charge in [0, 0.05) is 25.7 Å². The quantitative estimate of drug-likeness (QED) is 0.843. The molecule has 3 N–H and O–H groups in total. The molecule has 6 nitrogen and oxygen atoms in total. The van der Waals surface area contributed by atoms with Crippen LogP contribution in [0.3, 0.4) is 0 Å². The van der Waals surface area contributed by atoms with E-state index in [-0.39, 0.29) is 23.9 Å². The molecular weight excluding hydrogens is 318 g/mol. The molecule has 5 unspecified atom stereocenters. The summed E-state index contributed by atoms with van der Waals surface area (Å²) in [6.45, 7) is 5.67. The highest BCUT2D eigenvalue weighted by atomic mass is 16.5. The van der Waals surface area contributed by atoms with Crippen molar-refractivity contribution >= 4 is 5.91 Å². The molecule has 2 saturated carbocycles. The van der Waals surface area contributed by atoms with Gasteiger partial charge in [-0.2, -0.15) is 0 Å². The lowest BCUT2D eigenvalue weighted by Gasteiger charge is -2.34. The van der Waals surface area contributed by atoms with Crippen LogP contribution in [0.4, 0.5) is 0 Å². The van der Waals surface area contributed by atoms with Crippen molar-refractivity contribution < 1.29 is 13.9 Å². The van der Waals surface area contributed by atoms with Gasteiger partial charge in [0.2, 0.25) is 5.91 Å². The fourth-order valence-electron chi connectivity index (χ4n) is 4.97. The van der Waals surface area contributed by atoms with Crippen molar-refractivity contribution in [3.05, 3.63) is 23.7 Å². The Kier molecular flexibility index (Phi) is 4.84. The number of amides is 1. The normalized spacial score (nSPS) is 33.5. The largest absolute Gasteiger partial charge is 0.465 e. The number of carbonyl (C=O) groups is 1. The third-order valence-electron chi connectivity index (χ3n) is 6.33. The van der Waals surface area contributed by atoms with Gasteiger partial charge in [-0.1, -0.05) is 0 Å². The van der Waals surface area contributed by atoms with Crippen LogP contribution in [-0.2, 0) is 9.53 Å². The molecule has 5 atom stereocenters. The number of ether oxygens (including phenoxy) is 1. The topological polar surface area (TPSA) is 80.7 Å². The summed E-state index contributed by atoms with van der Waals surface area (Å²) in [4.78, 5) is 15.1. The molecule has 2 aliphatic carbocycles. The number of rotatable bonds is 5. The number of fused-ring (bicyclic) bond motifs is 2. The Labute approximate surface area is 149 Å². The lowest BCUT2D eigenvalue weighted by molar-refractivity contribution is -0.127. The number of nitrogens with one attached hydrogen (secondary N) is 1. The lowest BCUT2D eigenvalue weighted by atomic mass is 9.84. The molecule has 138 valence electrons. The van der Waals surface area contributed by atoms with Gasteiger partial charge in [-0.3, -0.25) is 9.69 Å². The van der Waals surface area contributed by atoms with E-state index >= 15 is 0 Å². The first-order chi connectivity index (χ1) is 12.1. The van der Waals surface area contributed by atoms with Crippen LogP contribution < -0.4 is 11.1 Å². The predicted molar refractivity (Wildman–Crippen MR) is 93.9 cm³/mol. The molecule has 4 rings (SSSR count). The van der Waals surface area contributed by atoms with Gasteiger partial charge < -0.3 is 20.2 Å². The number of furan rings is 1. The zero-order chi connectivity index (χ0) is 17.4. The molecule has 0 spiro atoms. The zero-order valence-electron chi connectivity index (χ0n) is 14.9. The average molecular weight is 347 g/mol. The monoisotopic (exact) mass is 347 g/mol. The number of nitrogens with two attached hydrogens (primary N) is 1. The standard InChI is InChI=1S/C19H29N3O3/c1-12-2-5-16(25-12)15(22-6-8-24-9-7-22)11-21-19(23)17-13-3-4-14(10-13)18(17)20/h2,5,13-15,17-18H,3-4,6-11,20H2,1H3,(H,21,23). The highest BCUT2D eigenvalue weighted by Gasteiger charge is 2.49. The molecule has 6 heteroatoms. The van der Waals surface area contributed by atoms with Crippen molar-refractivity contribution in [3.8, 4) is 0 Å². The Hall–Kier alpha value is -1.37. The van der Waals surface area contributed by atoms with Gasteiger partial charge >= 0.3 is 0 Å². The van der Waals surface area contributed by atoms with Crippen molar-refractivity contribution in [2.45, 2.75) is 38.3 Å². The van der Waals surface area contributed by atoms with Gasteiger partial charge in [-0.15, -0.1) is 0 Å². The zero-order valence-corrected chi connectivity index (χ0v) is 14.9. The van der Waals surface area contributed by atoms with Crippen molar-refractivity contribution in [2.75, 3.05) is 32.8 Å². The van der Waals surface area contributed by atoms with Gasteiger partial charge in [0.05, 0.1) is 25.2 Å². The van der Waals surface area contributed by atoms with Crippen molar-refractivity contribution in [1.29, 1.82) is 0 Å². The first kappa shape index (κ1) is 17.1. The average Bonchev–Trinajstić information content (AvgIpc) is 3.32. The van der Waals surface area contributed by atoms with E-state index in [4.69, 9.17) is 14.9 Å². The Morgan fingerprint density at radius 1 is 1.32 bits per heavy atom. The Balaban J connectivity index is 1.42. The second-order valence-corrected chi connectivity index (χ2v) is 7.79. The highest BCUT2D eigenvalue weighted by Crippen LogP contribution is 2.47. The molecule has 3 aliphatic rings. The van der Waals surface area contributed by atoms with Gasteiger partial charge in [0.25, 0.3) is 0 Å². The van der Waals surface area contributed by atoms with Crippen molar-refractivity contribution in [3.63, 3.8) is 0 Å². The van der Waals surface area contributed by atoms with Crippen LogP contribution in [0.25, 0.3) is 0 Å². The molecule has 1 aromatic heterocycles. The summed E-state index contributed by atoms with van der Waals surface area (Å²) < 4.78 is 11.3. The Morgan fingerprint density at radius 3 is 2.72 bits per heavy atom. The Bertz CT molecular complexity index is 609. The summed E-state index contributed by atoms with van der Waals surface area (Å²) >= 11 is 0. The van der Waals surface area contributed by atoms with Crippen LogP contribution in [0.2, 0.25) is 0 Å². The van der Waals surface area contributed by atoms with E-state index in [1.54, 1.807) is 0 Å². The smallest absolute Gasteiger partial charge is 0.225 e. The number of hydrogen-bond donors (Lipinski definition) is 2. The van der Waals surface area contributed by atoms with Crippen molar-refractivity contribution in [1.82, 2.24) is 10.2 Å². The highest BCUT2D eigenvalue weighted by molar-refractivity contribution is 5.80. The molecule has 3 fully saturated rings. The maximum atomic E-state index is 12.8. The fourth-order valence-corrected chi connectivity index (χ4v) is 4.97. The molecule has 0 aromatic carbocycles. The summed E-state index contributed by atoms with van der Waals surface area (Å²) in [5.74, 6) is 2.95. The molecular formula is C19H29N3O3. The van der Waals surface area contributed by atoms with E-state index in [2.05, 4.69) is 10.2 Å².